The van der Waals surface area contributed by atoms with Gasteiger partial charge in [0.05, 0.1) is 16.7 Å². The average Bonchev–Trinajstić information content (AvgIpc) is 3.24. The summed E-state index contributed by atoms with van der Waals surface area (Å²) < 4.78 is 29.0. The van der Waals surface area contributed by atoms with Gasteiger partial charge in [-0.05, 0) is 60.5 Å². The number of carbonyl (C=O) groups is 1. The number of fused-ring (bicyclic) bond motifs is 1. The highest BCUT2D eigenvalue weighted by Gasteiger charge is 2.12. The third-order valence-electron chi connectivity index (χ3n) is 5.67. The number of aryl methyl sites for hydroxylation is 2. The van der Waals surface area contributed by atoms with Crippen LogP contribution < -0.4 is 10.6 Å². The second-order valence-corrected chi connectivity index (χ2v) is 8.09. The molecule has 0 saturated heterocycles. The molecule has 0 aliphatic heterocycles. The predicted octanol–water partition coefficient (Wildman–Crippen LogP) is 6.73. The minimum Gasteiger partial charge on any atom is -0.308 e. The minimum absolute atomic E-state index is 0.0955. The highest BCUT2D eigenvalue weighted by Crippen LogP contribution is 2.23. The van der Waals surface area contributed by atoms with Gasteiger partial charge in [-0.1, -0.05) is 42.5 Å². The van der Waals surface area contributed by atoms with Crippen LogP contribution in [0.25, 0.3) is 16.7 Å². The zero-order valence-corrected chi connectivity index (χ0v) is 18.7. The Labute approximate surface area is 201 Å². The van der Waals surface area contributed by atoms with Crippen molar-refractivity contribution < 1.29 is 13.6 Å². The van der Waals surface area contributed by atoms with E-state index in [-0.39, 0.29) is 5.69 Å². The molecule has 0 aliphatic rings. The Morgan fingerprint density at radius 2 is 1.54 bits per heavy atom. The number of halogens is 2. The Morgan fingerprint density at radius 3 is 2.31 bits per heavy atom. The van der Waals surface area contributed by atoms with E-state index < -0.39 is 17.7 Å². The summed E-state index contributed by atoms with van der Waals surface area (Å²) in [6.07, 6.45) is 1.50. The first-order valence-electron chi connectivity index (χ1n) is 11.2. The quantitative estimate of drug-likeness (QED) is 0.290. The van der Waals surface area contributed by atoms with Crippen molar-refractivity contribution in [2.75, 3.05) is 10.6 Å². The number of benzene rings is 4. The molecule has 0 saturated carbocycles. The van der Waals surface area contributed by atoms with E-state index in [0.29, 0.717) is 5.69 Å². The van der Waals surface area contributed by atoms with Gasteiger partial charge in [0, 0.05) is 23.9 Å². The predicted molar refractivity (Wildman–Crippen MR) is 134 cm³/mol. The van der Waals surface area contributed by atoms with E-state index in [0.717, 1.165) is 53.1 Å². The zero-order chi connectivity index (χ0) is 24.2. The van der Waals surface area contributed by atoms with Crippen LogP contribution in [0.1, 0.15) is 11.4 Å². The van der Waals surface area contributed by atoms with Crippen LogP contribution in [0.2, 0.25) is 0 Å². The molecule has 35 heavy (non-hydrogen) atoms. The summed E-state index contributed by atoms with van der Waals surface area (Å²) in [6, 6.07) is 28.1. The number of amides is 2. The van der Waals surface area contributed by atoms with Gasteiger partial charge in [-0.2, -0.15) is 0 Å². The SMILES string of the molecule is O=C(Nc1ccc(CCc2nc3ccccc3n2-c2ccccc2)cc1)Nc1ccc(F)cc1F. The van der Waals surface area contributed by atoms with Gasteiger partial charge in [-0.3, -0.25) is 4.57 Å². The minimum atomic E-state index is -0.836. The number of rotatable bonds is 6. The van der Waals surface area contributed by atoms with Crippen molar-refractivity contribution >= 4 is 28.4 Å². The summed E-state index contributed by atoms with van der Waals surface area (Å²) >= 11 is 0. The largest absolute Gasteiger partial charge is 0.323 e. The van der Waals surface area contributed by atoms with Crippen molar-refractivity contribution in [2.24, 2.45) is 0 Å². The van der Waals surface area contributed by atoms with Crippen molar-refractivity contribution in [1.29, 1.82) is 0 Å². The lowest BCUT2D eigenvalue weighted by atomic mass is 10.1. The van der Waals surface area contributed by atoms with Gasteiger partial charge in [0.15, 0.2) is 0 Å². The van der Waals surface area contributed by atoms with Gasteiger partial charge in [-0.15, -0.1) is 0 Å². The molecule has 0 bridgehead atoms. The third-order valence-corrected chi connectivity index (χ3v) is 5.67. The van der Waals surface area contributed by atoms with Crippen LogP contribution in [0, 0.1) is 11.6 Å². The van der Waals surface area contributed by atoms with Gasteiger partial charge in [-0.25, -0.2) is 18.6 Å². The molecule has 1 heterocycles. The number of nitrogens with zero attached hydrogens (tertiary/aromatic N) is 2. The molecule has 0 aliphatic carbocycles. The number of imidazole rings is 1. The molecule has 5 rings (SSSR count). The Hall–Kier alpha value is -4.52. The molecule has 4 aromatic carbocycles. The number of anilines is 2. The second kappa shape index (κ2) is 9.77. The van der Waals surface area contributed by atoms with Crippen LogP contribution >= 0.6 is 0 Å². The molecule has 5 aromatic rings. The summed E-state index contributed by atoms with van der Waals surface area (Å²) in [7, 11) is 0. The second-order valence-electron chi connectivity index (χ2n) is 8.09. The third kappa shape index (κ3) is 5.04. The van der Waals surface area contributed by atoms with E-state index in [2.05, 4.69) is 33.4 Å². The molecule has 5 nitrogen and oxygen atoms in total. The molecule has 0 atom stereocenters. The summed E-state index contributed by atoms with van der Waals surface area (Å²) in [6.45, 7) is 0. The molecule has 0 fully saturated rings. The topological polar surface area (TPSA) is 59.0 Å². The molecule has 2 amide bonds. The number of carbonyl (C=O) groups excluding carboxylic acids is 1. The van der Waals surface area contributed by atoms with Crippen LogP contribution in [-0.2, 0) is 12.8 Å². The fraction of sp³-hybridized carbons (Fsp3) is 0.0714. The molecular weight excluding hydrogens is 446 g/mol. The maximum absolute atomic E-state index is 13.7. The van der Waals surface area contributed by atoms with Crippen LogP contribution in [0.4, 0.5) is 25.0 Å². The lowest BCUT2D eigenvalue weighted by molar-refractivity contribution is 0.262. The van der Waals surface area contributed by atoms with Gasteiger partial charge in [0.1, 0.15) is 17.5 Å². The van der Waals surface area contributed by atoms with Crippen LogP contribution in [0.3, 0.4) is 0 Å². The number of aromatic nitrogens is 2. The fourth-order valence-corrected chi connectivity index (χ4v) is 4.00. The van der Waals surface area contributed by atoms with Crippen LogP contribution in [0.5, 0.6) is 0 Å². The van der Waals surface area contributed by atoms with Crippen LogP contribution in [-0.4, -0.2) is 15.6 Å². The van der Waals surface area contributed by atoms with E-state index in [4.69, 9.17) is 4.98 Å². The monoisotopic (exact) mass is 468 g/mol. The average molecular weight is 469 g/mol. The van der Waals surface area contributed by atoms with Crippen LogP contribution in [0.15, 0.2) is 97.1 Å². The number of urea groups is 1. The number of nitrogens with one attached hydrogen (secondary N) is 2. The number of hydrogen-bond donors (Lipinski definition) is 2. The highest BCUT2D eigenvalue weighted by atomic mass is 19.1. The summed E-state index contributed by atoms with van der Waals surface area (Å²) in [4.78, 5) is 17.0. The first-order chi connectivity index (χ1) is 17.1. The van der Waals surface area contributed by atoms with Crippen molar-refractivity contribution in [3.8, 4) is 5.69 Å². The molecular formula is C28H22F2N4O. The van der Waals surface area contributed by atoms with Crippen molar-refractivity contribution in [3.63, 3.8) is 0 Å². The van der Waals surface area contributed by atoms with E-state index in [1.165, 1.54) is 6.07 Å². The summed E-state index contributed by atoms with van der Waals surface area (Å²) in [5, 5.41) is 5.03. The molecule has 174 valence electrons. The number of para-hydroxylation sites is 3. The molecule has 0 radical (unpaired) electrons. The van der Waals surface area contributed by atoms with Gasteiger partial charge in [0.2, 0.25) is 0 Å². The Kier molecular flexibility index (Phi) is 6.22. The van der Waals surface area contributed by atoms with Crippen molar-refractivity contribution in [3.05, 3.63) is 120 Å². The molecule has 2 N–H and O–H groups in total. The van der Waals surface area contributed by atoms with E-state index >= 15 is 0 Å². The van der Waals surface area contributed by atoms with Crippen molar-refractivity contribution in [2.45, 2.75) is 12.8 Å². The Morgan fingerprint density at radius 1 is 0.800 bits per heavy atom. The van der Waals surface area contributed by atoms with E-state index in [9.17, 15) is 13.6 Å². The first kappa shape index (κ1) is 22.3. The van der Waals surface area contributed by atoms with E-state index in [1.807, 2.05) is 48.5 Å². The first-order valence-corrected chi connectivity index (χ1v) is 11.2. The molecule has 1 aromatic heterocycles. The smallest absolute Gasteiger partial charge is 0.308 e. The maximum Gasteiger partial charge on any atom is 0.323 e. The summed E-state index contributed by atoms with van der Waals surface area (Å²) in [5.74, 6) is -0.569. The molecule has 0 spiro atoms. The maximum atomic E-state index is 13.7. The van der Waals surface area contributed by atoms with Gasteiger partial charge >= 0.3 is 6.03 Å². The fourth-order valence-electron chi connectivity index (χ4n) is 4.00. The molecule has 7 heteroatoms. The lowest BCUT2D eigenvalue weighted by Crippen LogP contribution is -2.20. The van der Waals surface area contributed by atoms with Gasteiger partial charge in [0.25, 0.3) is 0 Å². The summed E-state index contributed by atoms with van der Waals surface area (Å²) in [5.41, 5.74) is 4.64. The Balaban J connectivity index is 1.26. The molecule has 0 unspecified atom stereocenters. The standard InChI is InChI=1S/C28H22F2N4O/c29-20-13-16-24(23(30)18-20)33-28(35)31-21-14-10-19(11-15-21)12-17-27-32-25-8-4-5-9-26(25)34(27)22-6-2-1-3-7-22/h1-11,13-16,18H,12,17H2,(H2,31,33,35). The number of hydrogen-bond acceptors (Lipinski definition) is 2. The zero-order valence-electron chi connectivity index (χ0n) is 18.7. The van der Waals surface area contributed by atoms with E-state index in [1.54, 1.807) is 12.1 Å². The van der Waals surface area contributed by atoms with Crippen molar-refractivity contribution in [1.82, 2.24) is 9.55 Å². The highest BCUT2D eigenvalue weighted by molar-refractivity contribution is 5.99. The van der Waals surface area contributed by atoms with Gasteiger partial charge < -0.3 is 10.6 Å². The Bertz CT molecular complexity index is 1480. The lowest BCUT2D eigenvalue weighted by Gasteiger charge is -2.10. The normalized spacial score (nSPS) is 10.9.